The third-order valence-corrected chi connectivity index (χ3v) is 8.95. The number of hydrogen-bond donors (Lipinski definition) is 1. The molecule has 1 unspecified atom stereocenters. The number of allylic oxidation sites excluding steroid dienone is 14. The van der Waals surface area contributed by atoms with Gasteiger partial charge in [-0.25, -0.2) is 0 Å². The molecular formula is C48H80O5. The summed E-state index contributed by atoms with van der Waals surface area (Å²) in [7, 11) is 0. The van der Waals surface area contributed by atoms with E-state index >= 15 is 0 Å². The lowest BCUT2D eigenvalue weighted by molar-refractivity contribution is -0.161. The maximum atomic E-state index is 12.1. The van der Waals surface area contributed by atoms with E-state index in [1.165, 1.54) is 77.0 Å². The van der Waals surface area contributed by atoms with Crippen LogP contribution >= 0.6 is 0 Å². The van der Waals surface area contributed by atoms with Crippen molar-refractivity contribution < 1.29 is 24.2 Å². The number of ether oxygens (including phenoxy) is 2. The fourth-order valence-electron chi connectivity index (χ4n) is 5.71. The summed E-state index contributed by atoms with van der Waals surface area (Å²) in [5.74, 6) is -0.608. The third kappa shape index (κ3) is 41.7. The molecule has 1 N–H and O–H groups in total. The Kier molecular flexibility index (Phi) is 41.1. The van der Waals surface area contributed by atoms with Crippen molar-refractivity contribution in [3.8, 4) is 0 Å². The molecular weight excluding hydrogens is 657 g/mol. The van der Waals surface area contributed by atoms with E-state index in [1.807, 2.05) is 0 Å². The van der Waals surface area contributed by atoms with E-state index in [0.29, 0.717) is 12.8 Å². The van der Waals surface area contributed by atoms with E-state index in [-0.39, 0.29) is 25.2 Å². The highest BCUT2D eigenvalue weighted by Gasteiger charge is 2.16. The summed E-state index contributed by atoms with van der Waals surface area (Å²) in [5.41, 5.74) is 0. The van der Waals surface area contributed by atoms with Crippen molar-refractivity contribution in [1.29, 1.82) is 0 Å². The Hall–Kier alpha value is -2.92. The number of aliphatic hydroxyl groups excluding tert-OH is 1. The van der Waals surface area contributed by atoms with Gasteiger partial charge in [-0.3, -0.25) is 9.59 Å². The van der Waals surface area contributed by atoms with E-state index in [4.69, 9.17) is 9.47 Å². The highest BCUT2D eigenvalue weighted by Crippen LogP contribution is 2.14. The third-order valence-electron chi connectivity index (χ3n) is 8.95. The number of carbonyl (C=O) groups excluding carboxylic acids is 2. The van der Waals surface area contributed by atoms with Crippen molar-refractivity contribution in [2.75, 3.05) is 13.2 Å². The van der Waals surface area contributed by atoms with E-state index in [9.17, 15) is 14.7 Å². The van der Waals surface area contributed by atoms with Crippen molar-refractivity contribution >= 4 is 11.9 Å². The van der Waals surface area contributed by atoms with Crippen molar-refractivity contribution in [1.82, 2.24) is 0 Å². The van der Waals surface area contributed by atoms with Crippen LogP contribution in [0.4, 0.5) is 0 Å². The van der Waals surface area contributed by atoms with Crippen LogP contribution in [0.25, 0.3) is 0 Å². The number of carbonyl (C=O) groups is 2. The second-order valence-electron chi connectivity index (χ2n) is 14.0. The van der Waals surface area contributed by atoms with E-state index in [0.717, 1.165) is 83.5 Å². The van der Waals surface area contributed by atoms with Gasteiger partial charge in [0.1, 0.15) is 6.61 Å². The van der Waals surface area contributed by atoms with Gasteiger partial charge in [-0.15, -0.1) is 0 Å². The van der Waals surface area contributed by atoms with Crippen LogP contribution in [0.2, 0.25) is 0 Å². The Morgan fingerprint density at radius 2 is 0.811 bits per heavy atom. The lowest BCUT2D eigenvalue weighted by Crippen LogP contribution is -2.28. The normalized spacial score (nSPS) is 13.0. The predicted molar refractivity (Wildman–Crippen MR) is 228 cm³/mol. The molecule has 5 nitrogen and oxygen atoms in total. The quantitative estimate of drug-likeness (QED) is 0.0388. The van der Waals surface area contributed by atoms with Gasteiger partial charge in [-0.05, 0) is 70.6 Å². The number of hydrogen-bond acceptors (Lipinski definition) is 5. The van der Waals surface area contributed by atoms with Gasteiger partial charge in [-0.2, -0.15) is 0 Å². The molecule has 1 atom stereocenters. The van der Waals surface area contributed by atoms with Gasteiger partial charge in [0.25, 0.3) is 0 Å². The monoisotopic (exact) mass is 737 g/mol. The fourth-order valence-corrected chi connectivity index (χ4v) is 5.71. The molecule has 0 spiro atoms. The van der Waals surface area contributed by atoms with Crippen LogP contribution in [0.3, 0.4) is 0 Å². The van der Waals surface area contributed by atoms with Crippen LogP contribution < -0.4 is 0 Å². The largest absolute Gasteiger partial charge is 0.462 e. The summed E-state index contributed by atoms with van der Waals surface area (Å²) in [5, 5.41) is 9.50. The average Bonchev–Trinajstić information content (AvgIpc) is 3.16. The summed E-state index contributed by atoms with van der Waals surface area (Å²) >= 11 is 0. The first-order valence-electron chi connectivity index (χ1n) is 21.6. The molecule has 0 aromatic rings. The van der Waals surface area contributed by atoms with E-state index in [2.05, 4.69) is 98.9 Å². The van der Waals surface area contributed by atoms with E-state index < -0.39 is 6.10 Å². The molecule has 0 aliphatic carbocycles. The Morgan fingerprint density at radius 1 is 0.453 bits per heavy atom. The van der Waals surface area contributed by atoms with Crippen LogP contribution in [0.1, 0.15) is 187 Å². The average molecular weight is 737 g/mol. The molecule has 0 aliphatic rings. The second-order valence-corrected chi connectivity index (χ2v) is 14.0. The SMILES string of the molecule is CC/C=C\C/C=C\C/C=C\C/C=C\C/C=C\C/C=C\C/C=C\CCCCCCCCCCCCCC(=O)OC(CO)COC(=O)CCCCCCCC. The molecule has 0 radical (unpaired) electrons. The first-order chi connectivity index (χ1) is 26.1. The zero-order chi connectivity index (χ0) is 38.6. The number of esters is 2. The van der Waals surface area contributed by atoms with Gasteiger partial charge >= 0.3 is 11.9 Å². The summed E-state index contributed by atoms with van der Waals surface area (Å²) in [4.78, 5) is 24.0. The molecule has 0 aliphatic heterocycles. The molecule has 0 bridgehead atoms. The minimum atomic E-state index is -0.772. The molecule has 0 aromatic heterocycles. The van der Waals surface area contributed by atoms with Crippen molar-refractivity contribution in [3.05, 3.63) is 85.1 Å². The molecule has 0 saturated carbocycles. The minimum Gasteiger partial charge on any atom is -0.462 e. The number of rotatable bonds is 38. The van der Waals surface area contributed by atoms with Gasteiger partial charge in [0, 0.05) is 12.8 Å². The summed E-state index contributed by atoms with van der Waals surface area (Å²) in [6, 6.07) is 0. The molecule has 302 valence electrons. The zero-order valence-corrected chi connectivity index (χ0v) is 34.2. The molecule has 0 fully saturated rings. The summed E-state index contributed by atoms with van der Waals surface area (Å²) < 4.78 is 10.5. The highest BCUT2D eigenvalue weighted by molar-refractivity contribution is 5.70. The first kappa shape index (κ1) is 50.1. The van der Waals surface area contributed by atoms with Gasteiger partial charge in [0.2, 0.25) is 0 Å². The highest BCUT2D eigenvalue weighted by atomic mass is 16.6. The topological polar surface area (TPSA) is 72.8 Å². The number of aliphatic hydroxyl groups is 1. The van der Waals surface area contributed by atoms with Crippen molar-refractivity contribution in [3.63, 3.8) is 0 Å². The predicted octanol–water partition coefficient (Wildman–Crippen LogP) is 13.9. The van der Waals surface area contributed by atoms with Crippen molar-refractivity contribution in [2.24, 2.45) is 0 Å². The molecule has 0 heterocycles. The van der Waals surface area contributed by atoms with Gasteiger partial charge < -0.3 is 14.6 Å². The standard InChI is InChI=1S/C48H80O5/c1-3-5-7-9-11-12-13-14-15-16-17-18-19-20-21-22-23-24-25-26-27-28-29-30-31-32-33-34-35-36-37-39-41-43-48(51)53-46(44-49)45-52-47(50)42-40-38-10-8-6-4-2/h5,7,11-12,14-15,17-18,20-21,23-24,26-27,46,49H,3-4,6,8-10,13,16,19,22,25,28-45H2,1-2H3/b7-5-,12-11-,15-14-,18-17-,21-20-,24-23-,27-26-. The summed E-state index contributed by atoms with van der Waals surface area (Å²) in [6.07, 6.45) is 59.8. The van der Waals surface area contributed by atoms with Crippen LogP contribution in [0.5, 0.6) is 0 Å². The van der Waals surface area contributed by atoms with Gasteiger partial charge in [0.15, 0.2) is 6.10 Å². The molecule has 53 heavy (non-hydrogen) atoms. The first-order valence-corrected chi connectivity index (χ1v) is 21.6. The molecule has 0 amide bonds. The van der Waals surface area contributed by atoms with Gasteiger partial charge in [0.05, 0.1) is 6.61 Å². The maximum absolute atomic E-state index is 12.1. The maximum Gasteiger partial charge on any atom is 0.306 e. The molecule has 5 heteroatoms. The Bertz CT molecular complexity index is 1010. The zero-order valence-electron chi connectivity index (χ0n) is 34.2. The van der Waals surface area contributed by atoms with Crippen LogP contribution in [-0.4, -0.2) is 36.4 Å². The van der Waals surface area contributed by atoms with Crippen LogP contribution in [0.15, 0.2) is 85.1 Å². The van der Waals surface area contributed by atoms with Crippen LogP contribution in [0, 0.1) is 0 Å². The number of unbranched alkanes of at least 4 members (excludes halogenated alkanes) is 16. The lowest BCUT2D eigenvalue weighted by atomic mass is 10.0. The Morgan fingerprint density at radius 3 is 1.23 bits per heavy atom. The Labute approximate surface area is 326 Å². The molecule has 0 saturated heterocycles. The molecule has 0 rings (SSSR count). The summed E-state index contributed by atoms with van der Waals surface area (Å²) in [6.45, 7) is 3.94. The van der Waals surface area contributed by atoms with Gasteiger partial charge in [-0.1, -0.05) is 189 Å². The van der Waals surface area contributed by atoms with Crippen LogP contribution in [-0.2, 0) is 19.1 Å². The van der Waals surface area contributed by atoms with E-state index in [1.54, 1.807) is 0 Å². The van der Waals surface area contributed by atoms with Crippen molar-refractivity contribution in [2.45, 2.75) is 193 Å². The lowest BCUT2D eigenvalue weighted by Gasteiger charge is -2.15. The molecule has 0 aromatic carbocycles. The second kappa shape index (κ2) is 43.5. The minimum absolute atomic E-state index is 0.0698. The Balaban J connectivity index is 3.53. The fraction of sp³-hybridized carbons (Fsp3) is 0.667. The smallest absolute Gasteiger partial charge is 0.306 e.